The standard InChI is InChI=1S/C17H17N3O2/c21-16(13-6-8-18-9-7-13)19-15-5-3-4-14(12-15)17(22)20-10-1-2-11-20/h3-9,12H,1-2,10-11H2,(H,19,21). The molecule has 1 saturated heterocycles. The Balaban J connectivity index is 1.74. The van der Waals surface area contributed by atoms with Crippen LogP contribution < -0.4 is 5.32 Å². The average molecular weight is 295 g/mol. The number of aromatic nitrogens is 1. The van der Waals surface area contributed by atoms with Crippen molar-refractivity contribution < 1.29 is 9.59 Å². The highest BCUT2D eigenvalue weighted by atomic mass is 16.2. The Morgan fingerprint density at radius 2 is 1.73 bits per heavy atom. The van der Waals surface area contributed by atoms with Crippen LogP contribution in [0.2, 0.25) is 0 Å². The molecule has 2 aromatic rings. The summed E-state index contributed by atoms with van der Waals surface area (Å²) in [4.78, 5) is 30.2. The van der Waals surface area contributed by atoms with Crippen molar-refractivity contribution in [2.75, 3.05) is 18.4 Å². The Kier molecular flexibility index (Phi) is 4.14. The van der Waals surface area contributed by atoms with Gasteiger partial charge in [-0.05, 0) is 43.2 Å². The molecule has 0 atom stereocenters. The third-order valence-corrected chi connectivity index (χ3v) is 3.70. The Bertz CT molecular complexity index is 679. The molecule has 112 valence electrons. The molecule has 1 aromatic heterocycles. The molecule has 5 nitrogen and oxygen atoms in total. The molecule has 0 spiro atoms. The number of rotatable bonds is 3. The summed E-state index contributed by atoms with van der Waals surface area (Å²) in [6.07, 6.45) is 5.26. The van der Waals surface area contributed by atoms with Crippen molar-refractivity contribution in [3.05, 3.63) is 59.9 Å². The van der Waals surface area contributed by atoms with Gasteiger partial charge in [-0.3, -0.25) is 14.6 Å². The molecule has 1 aromatic carbocycles. The number of hydrogen-bond donors (Lipinski definition) is 1. The first-order valence-corrected chi connectivity index (χ1v) is 7.35. The van der Waals surface area contributed by atoms with Crippen LogP contribution in [0.3, 0.4) is 0 Å². The Morgan fingerprint density at radius 1 is 1.00 bits per heavy atom. The topological polar surface area (TPSA) is 62.3 Å². The van der Waals surface area contributed by atoms with Gasteiger partial charge >= 0.3 is 0 Å². The summed E-state index contributed by atoms with van der Waals surface area (Å²) in [5.74, 6) is -0.189. The molecule has 0 bridgehead atoms. The molecule has 0 unspecified atom stereocenters. The molecule has 0 saturated carbocycles. The normalized spacial score (nSPS) is 13.9. The number of nitrogens with one attached hydrogen (secondary N) is 1. The van der Waals surface area contributed by atoms with Gasteiger partial charge in [0.05, 0.1) is 0 Å². The predicted molar refractivity (Wildman–Crippen MR) is 83.8 cm³/mol. The largest absolute Gasteiger partial charge is 0.339 e. The van der Waals surface area contributed by atoms with Gasteiger partial charge in [0.25, 0.3) is 11.8 Å². The second-order valence-corrected chi connectivity index (χ2v) is 5.27. The third-order valence-electron chi connectivity index (χ3n) is 3.70. The number of carbonyl (C=O) groups excluding carboxylic acids is 2. The Hall–Kier alpha value is -2.69. The molecule has 1 aliphatic heterocycles. The zero-order valence-electron chi connectivity index (χ0n) is 12.2. The fourth-order valence-corrected chi connectivity index (χ4v) is 2.54. The van der Waals surface area contributed by atoms with E-state index in [4.69, 9.17) is 0 Å². The van der Waals surface area contributed by atoms with Crippen LogP contribution in [-0.2, 0) is 0 Å². The van der Waals surface area contributed by atoms with Crippen LogP contribution >= 0.6 is 0 Å². The smallest absolute Gasteiger partial charge is 0.255 e. The minimum atomic E-state index is -0.215. The molecule has 0 radical (unpaired) electrons. The van der Waals surface area contributed by atoms with Crippen LogP contribution in [0.25, 0.3) is 0 Å². The third kappa shape index (κ3) is 3.14. The van der Waals surface area contributed by atoms with Gasteiger partial charge in [-0.15, -0.1) is 0 Å². The van der Waals surface area contributed by atoms with Crippen LogP contribution in [0.15, 0.2) is 48.8 Å². The maximum atomic E-state index is 12.4. The van der Waals surface area contributed by atoms with Gasteiger partial charge in [0.15, 0.2) is 0 Å². The van der Waals surface area contributed by atoms with Gasteiger partial charge in [0, 0.05) is 42.3 Å². The van der Waals surface area contributed by atoms with Gasteiger partial charge in [-0.2, -0.15) is 0 Å². The summed E-state index contributed by atoms with van der Waals surface area (Å²) in [5.41, 5.74) is 1.76. The highest BCUT2D eigenvalue weighted by molar-refractivity contribution is 6.05. The van der Waals surface area contributed by atoms with Crippen molar-refractivity contribution >= 4 is 17.5 Å². The number of benzene rings is 1. The van der Waals surface area contributed by atoms with Gasteiger partial charge in [-0.25, -0.2) is 0 Å². The summed E-state index contributed by atoms with van der Waals surface area (Å²) < 4.78 is 0. The molecular formula is C17H17N3O2. The average Bonchev–Trinajstić information content (AvgIpc) is 3.09. The summed E-state index contributed by atoms with van der Waals surface area (Å²) in [6, 6.07) is 10.4. The summed E-state index contributed by atoms with van der Waals surface area (Å²) >= 11 is 0. The number of nitrogens with zero attached hydrogens (tertiary/aromatic N) is 2. The van der Waals surface area contributed by atoms with Crippen LogP contribution in [-0.4, -0.2) is 34.8 Å². The van der Waals surface area contributed by atoms with E-state index in [1.54, 1.807) is 48.8 Å². The second kappa shape index (κ2) is 6.39. The fourth-order valence-electron chi connectivity index (χ4n) is 2.54. The number of hydrogen-bond acceptors (Lipinski definition) is 3. The van der Waals surface area contributed by atoms with E-state index in [9.17, 15) is 9.59 Å². The summed E-state index contributed by atoms with van der Waals surface area (Å²) in [5, 5.41) is 2.81. The molecule has 1 N–H and O–H groups in total. The predicted octanol–water partition coefficient (Wildman–Crippen LogP) is 2.57. The molecule has 5 heteroatoms. The van der Waals surface area contributed by atoms with E-state index in [0.29, 0.717) is 16.8 Å². The number of likely N-dealkylation sites (tertiary alicyclic amines) is 1. The second-order valence-electron chi connectivity index (χ2n) is 5.27. The summed E-state index contributed by atoms with van der Waals surface area (Å²) in [6.45, 7) is 1.62. The molecule has 0 aliphatic carbocycles. The van der Waals surface area contributed by atoms with Crippen molar-refractivity contribution in [3.63, 3.8) is 0 Å². The van der Waals surface area contributed by atoms with Crippen molar-refractivity contribution in [1.29, 1.82) is 0 Å². The van der Waals surface area contributed by atoms with E-state index in [2.05, 4.69) is 10.3 Å². The minimum absolute atomic E-state index is 0.0255. The molecule has 22 heavy (non-hydrogen) atoms. The molecule has 2 amide bonds. The van der Waals surface area contributed by atoms with E-state index in [1.807, 2.05) is 4.90 Å². The van der Waals surface area contributed by atoms with E-state index >= 15 is 0 Å². The Morgan fingerprint density at radius 3 is 2.45 bits per heavy atom. The monoisotopic (exact) mass is 295 g/mol. The lowest BCUT2D eigenvalue weighted by Crippen LogP contribution is -2.27. The van der Waals surface area contributed by atoms with Gasteiger partial charge in [-0.1, -0.05) is 6.07 Å². The van der Waals surface area contributed by atoms with Gasteiger partial charge < -0.3 is 10.2 Å². The number of anilines is 1. The minimum Gasteiger partial charge on any atom is -0.339 e. The first-order valence-electron chi connectivity index (χ1n) is 7.35. The highest BCUT2D eigenvalue weighted by Gasteiger charge is 2.19. The van der Waals surface area contributed by atoms with E-state index in [1.165, 1.54) is 0 Å². The molecule has 3 rings (SSSR count). The van der Waals surface area contributed by atoms with Crippen LogP contribution in [0, 0.1) is 0 Å². The quantitative estimate of drug-likeness (QED) is 0.946. The van der Waals surface area contributed by atoms with Gasteiger partial charge in [0.2, 0.25) is 0 Å². The molecule has 2 heterocycles. The van der Waals surface area contributed by atoms with Crippen LogP contribution in [0.4, 0.5) is 5.69 Å². The zero-order chi connectivity index (χ0) is 15.4. The van der Waals surface area contributed by atoms with Crippen molar-refractivity contribution in [3.8, 4) is 0 Å². The number of amides is 2. The van der Waals surface area contributed by atoms with Crippen molar-refractivity contribution in [2.45, 2.75) is 12.8 Å². The lowest BCUT2D eigenvalue weighted by Gasteiger charge is -2.15. The van der Waals surface area contributed by atoms with E-state index in [0.717, 1.165) is 25.9 Å². The molecule has 1 fully saturated rings. The first kappa shape index (κ1) is 14.3. The number of carbonyl (C=O) groups is 2. The van der Waals surface area contributed by atoms with E-state index in [-0.39, 0.29) is 11.8 Å². The zero-order valence-corrected chi connectivity index (χ0v) is 12.2. The highest BCUT2D eigenvalue weighted by Crippen LogP contribution is 2.17. The maximum absolute atomic E-state index is 12.4. The SMILES string of the molecule is O=C(Nc1cccc(C(=O)N2CCCC2)c1)c1ccncc1. The molecule has 1 aliphatic rings. The fraction of sp³-hybridized carbons (Fsp3) is 0.235. The maximum Gasteiger partial charge on any atom is 0.255 e. The Labute approximate surface area is 129 Å². The summed E-state index contributed by atoms with van der Waals surface area (Å²) in [7, 11) is 0. The van der Waals surface area contributed by atoms with E-state index < -0.39 is 0 Å². The van der Waals surface area contributed by atoms with Crippen LogP contribution in [0.1, 0.15) is 33.6 Å². The lowest BCUT2D eigenvalue weighted by molar-refractivity contribution is 0.0792. The lowest BCUT2D eigenvalue weighted by atomic mass is 10.1. The number of pyridine rings is 1. The first-order chi connectivity index (χ1) is 10.7. The van der Waals surface area contributed by atoms with Gasteiger partial charge in [0.1, 0.15) is 0 Å². The van der Waals surface area contributed by atoms with Crippen molar-refractivity contribution in [1.82, 2.24) is 9.88 Å². The molecular weight excluding hydrogens is 278 g/mol. The van der Waals surface area contributed by atoms with Crippen molar-refractivity contribution in [2.24, 2.45) is 0 Å². The van der Waals surface area contributed by atoms with Crippen LogP contribution in [0.5, 0.6) is 0 Å².